The number of carbonyl (C=O) groups excluding carboxylic acids is 1. The first-order chi connectivity index (χ1) is 4.77. The first-order valence-electron chi connectivity index (χ1n) is 4.21. The molecule has 62 valence electrons. The first kappa shape index (κ1) is 12.4. The molecular weight excluding hydrogens is 124 g/mol. The van der Waals surface area contributed by atoms with Gasteiger partial charge in [0.15, 0.2) is 0 Å². The molecule has 0 aliphatic carbocycles. The van der Waals surface area contributed by atoms with Gasteiger partial charge in [-0.25, -0.2) is 0 Å². The maximum atomic E-state index is 9.79. The van der Waals surface area contributed by atoms with E-state index in [9.17, 15) is 4.79 Å². The SMILES string of the molecule is CC.CC(C)CCCC=O. The zero-order chi connectivity index (χ0) is 8.41. The summed E-state index contributed by atoms with van der Waals surface area (Å²) in [6.45, 7) is 8.34. The van der Waals surface area contributed by atoms with Crippen molar-refractivity contribution in [1.82, 2.24) is 0 Å². The highest BCUT2D eigenvalue weighted by Crippen LogP contribution is 2.03. The van der Waals surface area contributed by atoms with Crippen LogP contribution in [0.5, 0.6) is 0 Å². The van der Waals surface area contributed by atoms with Gasteiger partial charge in [-0.15, -0.1) is 0 Å². The second-order valence-corrected chi connectivity index (χ2v) is 2.49. The molecule has 0 aliphatic heterocycles. The molecule has 10 heavy (non-hydrogen) atoms. The molecule has 0 unspecified atom stereocenters. The Kier molecular flexibility index (Phi) is 14.2. The molecule has 0 amide bonds. The Hall–Kier alpha value is -0.330. The van der Waals surface area contributed by atoms with Crippen LogP contribution in [-0.4, -0.2) is 6.29 Å². The highest BCUT2D eigenvalue weighted by atomic mass is 16.1. The van der Waals surface area contributed by atoms with Gasteiger partial charge in [0.2, 0.25) is 0 Å². The predicted molar refractivity (Wildman–Crippen MR) is 46.1 cm³/mol. The molecule has 0 radical (unpaired) electrons. The summed E-state index contributed by atoms with van der Waals surface area (Å²) in [6.07, 6.45) is 3.96. The first-order valence-corrected chi connectivity index (χ1v) is 4.21. The van der Waals surface area contributed by atoms with Crippen molar-refractivity contribution in [2.24, 2.45) is 5.92 Å². The molecule has 0 saturated heterocycles. The van der Waals surface area contributed by atoms with Gasteiger partial charge in [-0.05, 0) is 12.3 Å². The monoisotopic (exact) mass is 144 g/mol. The van der Waals surface area contributed by atoms with E-state index in [1.165, 1.54) is 6.42 Å². The Labute approximate surface area is 64.8 Å². The van der Waals surface area contributed by atoms with Gasteiger partial charge in [0.05, 0.1) is 0 Å². The summed E-state index contributed by atoms with van der Waals surface area (Å²) < 4.78 is 0. The van der Waals surface area contributed by atoms with E-state index in [0.717, 1.165) is 25.0 Å². The van der Waals surface area contributed by atoms with E-state index >= 15 is 0 Å². The van der Waals surface area contributed by atoms with Gasteiger partial charge in [0.25, 0.3) is 0 Å². The lowest BCUT2D eigenvalue weighted by Crippen LogP contribution is -1.86. The molecule has 0 aromatic carbocycles. The number of hydrogen-bond acceptors (Lipinski definition) is 1. The number of aldehydes is 1. The van der Waals surface area contributed by atoms with Crippen LogP contribution < -0.4 is 0 Å². The van der Waals surface area contributed by atoms with Crippen molar-refractivity contribution in [3.8, 4) is 0 Å². The smallest absolute Gasteiger partial charge is 0.119 e. The fraction of sp³-hybridized carbons (Fsp3) is 0.889. The summed E-state index contributed by atoms with van der Waals surface area (Å²) in [5, 5.41) is 0. The fourth-order valence-corrected chi connectivity index (χ4v) is 0.609. The lowest BCUT2D eigenvalue weighted by atomic mass is 10.1. The van der Waals surface area contributed by atoms with E-state index in [-0.39, 0.29) is 0 Å². The molecule has 0 rings (SSSR count). The van der Waals surface area contributed by atoms with Crippen molar-refractivity contribution in [3.05, 3.63) is 0 Å². The third kappa shape index (κ3) is 15.6. The topological polar surface area (TPSA) is 17.1 Å². The largest absolute Gasteiger partial charge is 0.303 e. The lowest BCUT2D eigenvalue weighted by Gasteiger charge is -1.98. The van der Waals surface area contributed by atoms with Gasteiger partial charge in [-0.1, -0.05) is 34.1 Å². The van der Waals surface area contributed by atoms with Crippen molar-refractivity contribution in [2.45, 2.75) is 47.0 Å². The molecule has 0 bridgehead atoms. The number of carbonyl (C=O) groups is 1. The van der Waals surface area contributed by atoms with Crippen LogP contribution in [0.1, 0.15) is 47.0 Å². The molecule has 0 fully saturated rings. The Morgan fingerprint density at radius 3 is 2.10 bits per heavy atom. The maximum absolute atomic E-state index is 9.79. The molecule has 0 spiro atoms. The Balaban J connectivity index is 0. The molecule has 0 aromatic heterocycles. The van der Waals surface area contributed by atoms with Crippen molar-refractivity contribution in [2.75, 3.05) is 0 Å². The standard InChI is InChI=1S/C7H14O.C2H6/c1-7(2)5-3-4-6-8;1-2/h6-7H,3-5H2,1-2H3;1-2H3. The summed E-state index contributed by atoms with van der Waals surface area (Å²) in [5.74, 6) is 0.745. The van der Waals surface area contributed by atoms with Gasteiger partial charge in [-0.2, -0.15) is 0 Å². The Bertz CT molecular complexity index is 57.7. The van der Waals surface area contributed by atoms with Crippen molar-refractivity contribution < 1.29 is 4.79 Å². The van der Waals surface area contributed by atoms with E-state index in [2.05, 4.69) is 13.8 Å². The van der Waals surface area contributed by atoms with Crippen LogP contribution in [0.25, 0.3) is 0 Å². The minimum Gasteiger partial charge on any atom is -0.303 e. The van der Waals surface area contributed by atoms with E-state index in [1.807, 2.05) is 13.8 Å². The van der Waals surface area contributed by atoms with Gasteiger partial charge >= 0.3 is 0 Å². The summed E-state index contributed by atoms with van der Waals surface area (Å²) in [7, 11) is 0. The van der Waals surface area contributed by atoms with E-state index in [0.29, 0.717) is 0 Å². The minimum absolute atomic E-state index is 0.734. The van der Waals surface area contributed by atoms with Crippen LogP contribution in [0.15, 0.2) is 0 Å². The third-order valence-corrected chi connectivity index (χ3v) is 1.10. The predicted octanol–water partition coefficient (Wildman–Crippen LogP) is 3.04. The number of unbranched alkanes of at least 4 members (excludes halogenated alkanes) is 1. The minimum atomic E-state index is 0.734. The second kappa shape index (κ2) is 11.5. The molecular formula is C9H20O. The Morgan fingerprint density at radius 1 is 1.30 bits per heavy atom. The highest BCUT2D eigenvalue weighted by Gasteiger charge is 1.90. The lowest BCUT2D eigenvalue weighted by molar-refractivity contribution is -0.107. The van der Waals surface area contributed by atoms with Crippen molar-refractivity contribution in [3.63, 3.8) is 0 Å². The summed E-state index contributed by atoms with van der Waals surface area (Å²) in [4.78, 5) is 9.79. The Morgan fingerprint density at radius 2 is 1.80 bits per heavy atom. The van der Waals surface area contributed by atoms with E-state index in [1.54, 1.807) is 0 Å². The molecule has 0 atom stereocenters. The fourth-order valence-electron chi connectivity index (χ4n) is 0.609. The van der Waals surface area contributed by atoms with Gasteiger partial charge in [0, 0.05) is 6.42 Å². The van der Waals surface area contributed by atoms with Gasteiger partial charge in [-0.3, -0.25) is 0 Å². The molecule has 0 aromatic rings. The summed E-state index contributed by atoms with van der Waals surface area (Å²) in [6, 6.07) is 0. The van der Waals surface area contributed by atoms with E-state index in [4.69, 9.17) is 0 Å². The third-order valence-electron chi connectivity index (χ3n) is 1.10. The van der Waals surface area contributed by atoms with Crippen molar-refractivity contribution in [1.29, 1.82) is 0 Å². The summed E-state index contributed by atoms with van der Waals surface area (Å²) >= 11 is 0. The average Bonchev–Trinajstić information content (AvgIpc) is 1.92. The summed E-state index contributed by atoms with van der Waals surface area (Å²) in [5.41, 5.74) is 0. The zero-order valence-corrected chi connectivity index (χ0v) is 7.68. The maximum Gasteiger partial charge on any atom is 0.119 e. The second-order valence-electron chi connectivity index (χ2n) is 2.49. The molecule has 1 nitrogen and oxygen atoms in total. The molecule has 0 N–H and O–H groups in total. The van der Waals surface area contributed by atoms with Crippen LogP contribution in [0.4, 0.5) is 0 Å². The van der Waals surface area contributed by atoms with Crippen LogP contribution in [-0.2, 0) is 4.79 Å². The molecule has 0 saturated carbocycles. The van der Waals surface area contributed by atoms with Crippen LogP contribution >= 0.6 is 0 Å². The van der Waals surface area contributed by atoms with Crippen molar-refractivity contribution >= 4 is 6.29 Å². The number of rotatable bonds is 4. The average molecular weight is 144 g/mol. The molecule has 1 heteroatoms. The van der Waals surface area contributed by atoms with Crippen LogP contribution in [0.3, 0.4) is 0 Å². The molecule has 0 aliphatic rings. The number of hydrogen-bond donors (Lipinski definition) is 0. The normalized spacial score (nSPS) is 8.50. The quantitative estimate of drug-likeness (QED) is 0.438. The van der Waals surface area contributed by atoms with E-state index < -0.39 is 0 Å². The zero-order valence-electron chi connectivity index (χ0n) is 7.68. The van der Waals surface area contributed by atoms with Gasteiger partial charge in [0.1, 0.15) is 6.29 Å². The van der Waals surface area contributed by atoms with Crippen LogP contribution in [0, 0.1) is 5.92 Å². The van der Waals surface area contributed by atoms with Crippen LogP contribution in [0.2, 0.25) is 0 Å². The highest BCUT2D eigenvalue weighted by molar-refractivity contribution is 5.48. The molecule has 0 heterocycles. The van der Waals surface area contributed by atoms with Gasteiger partial charge < -0.3 is 4.79 Å².